The Morgan fingerprint density at radius 1 is 1.64 bits per heavy atom. The molecule has 1 N–H and O–H groups in total. The molecule has 0 radical (unpaired) electrons. The quantitative estimate of drug-likeness (QED) is 0.702. The van der Waals surface area contributed by atoms with Crippen LogP contribution in [0.2, 0.25) is 0 Å². The van der Waals surface area contributed by atoms with Crippen molar-refractivity contribution in [1.29, 1.82) is 5.39 Å². The molecule has 7 heteroatoms. The fourth-order valence-corrected chi connectivity index (χ4v) is 0.885. The summed E-state index contributed by atoms with van der Waals surface area (Å²) in [6.45, 7) is 0. The molecule has 1 rings (SSSR count). The van der Waals surface area contributed by atoms with Gasteiger partial charge in [0.1, 0.15) is 0 Å². The zero-order valence-corrected chi connectivity index (χ0v) is 8.11. The van der Waals surface area contributed by atoms with Crippen LogP contribution in [0.3, 0.4) is 0 Å². The van der Waals surface area contributed by atoms with Gasteiger partial charge in [0, 0.05) is 24.1 Å². The molecule has 0 spiro atoms. The number of aromatic amines is 1. The van der Waals surface area contributed by atoms with E-state index in [1.54, 1.807) is 14.1 Å². The molecule has 1 heterocycles. The zero-order chi connectivity index (χ0) is 10.7. The summed E-state index contributed by atoms with van der Waals surface area (Å²) in [6, 6.07) is 0.128. The number of amides is 1. The fourth-order valence-electron chi connectivity index (χ4n) is 0.885. The number of rotatable bonds is 2. The highest BCUT2D eigenvalue weighted by Crippen LogP contribution is 2.20. The molecule has 0 unspecified atom stereocenters. The number of aromatic nitrogens is 2. The Morgan fingerprint density at radius 2 is 2.29 bits per heavy atom. The number of imidazole rings is 1. The second-order valence-electron chi connectivity index (χ2n) is 2.74. The van der Waals surface area contributed by atoms with E-state index in [0.29, 0.717) is 0 Å². The van der Waals surface area contributed by atoms with Crippen LogP contribution in [0.5, 0.6) is 6.01 Å². The number of ether oxygens (including phenoxy) is 1. The van der Waals surface area contributed by atoms with Gasteiger partial charge in [0.15, 0.2) is 0 Å². The largest absolute Gasteiger partial charge is 0.499 e. The lowest BCUT2D eigenvalue weighted by atomic mass is 10.4. The molecule has 0 bridgehead atoms. The normalized spacial score (nSPS) is 9.29. The molecule has 1 aromatic heterocycles. The smallest absolute Gasteiger partial charge is 0.449 e. The third-order valence-electron chi connectivity index (χ3n) is 1.57. The Morgan fingerprint density at radius 3 is 2.71 bits per heavy atom. The lowest BCUT2D eigenvalue weighted by Crippen LogP contribution is -2.22. The van der Waals surface area contributed by atoms with Gasteiger partial charge in [0.25, 0.3) is 5.91 Å². The van der Waals surface area contributed by atoms with E-state index in [0.717, 1.165) is 0 Å². The molecular formula is C7H10N5O2+. The summed E-state index contributed by atoms with van der Waals surface area (Å²) < 4.78 is 4.76. The third kappa shape index (κ3) is 1.64. The average molecular weight is 196 g/mol. The van der Waals surface area contributed by atoms with Gasteiger partial charge in [-0.2, -0.15) is 0 Å². The van der Waals surface area contributed by atoms with Gasteiger partial charge in [-0.3, -0.25) is 9.78 Å². The maximum Gasteiger partial charge on any atom is 0.499 e. The number of H-pyrrole nitrogens is 1. The predicted molar refractivity (Wildman–Crippen MR) is 47.9 cm³/mol. The molecule has 74 valence electrons. The second-order valence-corrected chi connectivity index (χ2v) is 2.74. The van der Waals surface area contributed by atoms with Crippen molar-refractivity contribution in [2.45, 2.75) is 0 Å². The van der Waals surface area contributed by atoms with E-state index in [-0.39, 0.29) is 23.4 Å². The van der Waals surface area contributed by atoms with E-state index in [1.807, 2.05) is 0 Å². The zero-order valence-electron chi connectivity index (χ0n) is 8.11. The van der Waals surface area contributed by atoms with Crippen LogP contribution in [0.15, 0.2) is 0 Å². The number of carbonyl (C=O) groups is 1. The van der Waals surface area contributed by atoms with E-state index in [4.69, 9.17) is 10.1 Å². The van der Waals surface area contributed by atoms with Crippen molar-refractivity contribution in [2.24, 2.45) is 0 Å². The van der Waals surface area contributed by atoms with Crippen LogP contribution in [0.1, 0.15) is 10.5 Å². The first kappa shape index (κ1) is 9.98. The summed E-state index contributed by atoms with van der Waals surface area (Å²) in [5.74, 6) is -0.422. The van der Waals surface area contributed by atoms with Crippen LogP contribution in [-0.2, 0) is 0 Å². The number of carbonyl (C=O) groups excluding carboxylic acids is 1. The fraction of sp³-hybridized carbons (Fsp3) is 0.429. The predicted octanol–water partition coefficient (Wildman–Crippen LogP) is 0.605. The minimum Gasteiger partial charge on any atom is -0.449 e. The summed E-state index contributed by atoms with van der Waals surface area (Å²) >= 11 is 0. The minimum atomic E-state index is -0.339. The first-order valence-electron chi connectivity index (χ1n) is 3.81. The van der Waals surface area contributed by atoms with Gasteiger partial charge in [0.05, 0.1) is 12.5 Å². The van der Waals surface area contributed by atoms with E-state index < -0.39 is 0 Å². The Bertz CT molecular complexity index is 389. The molecule has 0 atom stereocenters. The average Bonchev–Trinajstić information content (AvgIpc) is 2.59. The number of hydrogen-bond donors (Lipinski definition) is 1. The molecule has 0 aliphatic heterocycles. The lowest BCUT2D eigenvalue weighted by molar-refractivity contribution is 0.0823. The Balaban J connectivity index is 3.14. The molecule has 1 aromatic rings. The third-order valence-corrected chi connectivity index (χ3v) is 1.57. The van der Waals surface area contributed by atoms with E-state index in [1.165, 1.54) is 12.0 Å². The number of nitrogens with zero attached hydrogens (tertiary/aromatic N) is 4. The maximum atomic E-state index is 11.5. The highest BCUT2D eigenvalue weighted by Gasteiger charge is 2.29. The Hall–Kier alpha value is -2.10. The molecule has 1 amide bonds. The van der Waals surface area contributed by atoms with Gasteiger partial charge in [-0.15, -0.1) is 0 Å². The molecular weight excluding hydrogens is 186 g/mol. The number of hydrogen-bond acceptors (Lipinski definition) is 4. The standard InChI is InChI=1S/C7H9N5O2/c1-12(2)6(13)4-5(11-8)10-7(9-4)14-3/h1-3H3/p+1. The summed E-state index contributed by atoms with van der Waals surface area (Å²) in [6.07, 6.45) is 0. The van der Waals surface area contributed by atoms with Crippen molar-refractivity contribution in [3.8, 4) is 6.01 Å². The minimum absolute atomic E-state index is 0.0828. The molecule has 14 heavy (non-hydrogen) atoms. The Kier molecular flexibility index (Phi) is 2.67. The summed E-state index contributed by atoms with van der Waals surface area (Å²) in [4.78, 5) is 22.0. The van der Waals surface area contributed by atoms with E-state index >= 15 is 0 Å². The van der Waals surface area contributed by atoms with Crippen molar-refractivity contribution in [2.75, 3.05) is 21.2 Å². The molecule has 0 saturated carbocycles. The first-order valence-corrected chi connectivity index (χ1v) is 3.81. The molecule has 0 saturated heterocycles. The van der Waals surface area contributed by atoms with Crippen LogP contribution in [0, 0.1) is 5.39 Å². The van der Waals surface area contributed by atoms with Crippen molar-refractivity contribution < 1.29 is 9.53 Å². The maximum absolute atomic E-state index is 11.5. The summed E-state index contributed by atoms with van der Waals surface area (Å²) in [5, 5.41) is 8.57. The van der Waals surface area contributed by atoms with E-state index in [2.05, 4.69) is 14.9 Å². The van der Waals surface area contributed by atoms with Crippen molar-refractivity contribution in [3.63, 3.8) is 0 Å². The van der Waals surface area contributed by atoms with Crippen molar-refractivity contribution in [1.82, 2.24) is 14.9 Å². The van der Waals surface area contributed by atoms with Crippen LogP contribution in [0.4, 0.5) is 5.82 Å². The van der Waals surface area contributed by atoms with Gasteiger partial charge in [-0.05, 0) is 0 Å². The van der Waals surface area contributed by atoms with Gasteiger partial charge in [-0.1, -0.05) is 0 Å². The van der Waals surface area contributed by atoms with Crippen molar-refractivity contribution in [3.05, 3.63) is 10.7 Å². The highest BCUT2D eigenvalue weighted by atomic mass is 16.5. The van der Waals surface area contributed by atoms with Gasteiger partial charge in [0.2, 0.25) is 5.69 Å². The molecule has 0 aromatic carbocycles. The number of methoxy groups -OCH3 is 1. The molecule has 7 nitrogen and oxygen atoms in total. The lowest BCUT2D eigenvalue weighted by Gasteiger charge is -2.05. The number of nitrogens with one attached hydrogen (secondary N) is 1. The van der Waals surface area contributed by atoms with Crippen LogP contribution >= 0.6 is 0 Å². The van der Waals surface area contributed by atoms with Gasteiger partial charge in [-0.25, -0.2) is 0 Å². The second kappa shape index (κ2) is 3.74. The SMILES string of the molecule is COc1nc([N+]#N)c(C(=O)N(C)C)[nH]1. The van der Waals surface area contributed by atoms with Crippen LogP contribution in [0.25, 0.3) is 4.98 Å². The molecule has 0 aliphatic rings. The highest BCUT2D eigenvalue weighted by molar-refractivity contribution is 5.97. The topological polar surface area (TPSA) is 86.4 Å². The molecule has 0 aliphatic carbocycles. The van der Waals surface area contributed by atoms with E-state index in [9.17, 15) is 4.79 Å². The summed E-state index contributed by atoms with van der Waals surface area (Å²) in [7, 11) is 4.55. The first-order chi connectivity index (χ1) is 6.60. The van der Waals surface area contributed by atoms with Gasteiger partial charge >= 0.3 is 11.8 Å². The van der Waals surface area contributed by atoms with Crippen LogP contribution < -0.4 is 4.74 Å². The summed E-state index contributed by atoms with van der Waals surface area (Å²) in [5.41, 5.74) is 0.0920. The van der Waals surface area contributed by atoms with Crippen molar-refractivity contribution >= 4 is 11.7 Å². The Labute approximate surface area is 80.3 Å². The van der Waals surface area contributed by atoms with Gasteiger partial charge < -0.3 is 9.64 Å². The monoisotopic (exact) mass is 196 g/mol. The molecule has 0 fully saturated rings. The number of diazo groups is 1. The van der Waals surface area contributed by atoms with Crippen LogP contribution in [-0.4, -0.2) is 42.0 Å².